The molecule has 3 aromatic carbocycles. The number of amides is 1. The Hall–Kier alpha value is -3.97. The van der Waals surface area contributed by atoms with E-state index in [4.69, 9.17) is 21.1 Å². The third-order valence-corrected chi connectivity index (χ3v) is 6.57. The molecule has 186 valence electrons. The van der Waals surface area contributed by atoms with Crippen LogP contribution < -0.4 is 19.3 Å². The second-order valence-electron chi connectivity index (χ2n) is 8.65. The van der Waals surface area contributed by atoms with Crippen molar-refractivity contribution in [1.82, 2.24) is 0 Å². The van der Waals surface area contributed by atoms with Crippen LogP contribution in [0.15, 0.2) is 66.2 Å². The fraction of sp³-hybridized carbons (Fsp3) is 0.214. The van der Waals surface area contributed by atoms with Crippen molar-refractivity contribution in [3.8, 4) is 11.5 Å². The highest BCUT2D eigenvalue weighted by Crippen LogP contribution is 2.44. The van der Waals surface area contributed by atoms with Gasteiger partial charge in [-0.05, 0) is 66.6 Å². The smallest absolute Gasteiger partial charge is 0.300 e. The molecule has 1 saturated heterocycles. The number of carbonyl (C=O) groups is 2. The number of halogens is 1. The molecule has 0 aromatic heterocycles. The standard InChI is InChI=1S/C28H27ClN2O5/c1-16-14-20(35-4)11-12-21(16)26(32)24-25(17-6-8-18(9-7-17)30(2)3)31(28(34)27(24)33)19-10-13-23(36-5)22(29)15-19/h6-15,25,32H,1-5H3/b26-24+. The van der Waals surface area contributed by atoms with Gasteiger partial charge in [0.2, 0.25) is 0 Å². The molecule has 1 aliphatic heterocycles. The third-order valence-electron chi connectivity index (χ3n) is 6.27. The SMILES string of the molecule is COc1ccc(/C(O)=C2\C(=O)C(=O)N(c3ccc(OC)c(Cl)c3)C2c2ccc(N(C)C)cc2)c(C)c1. The second-order valence-corrected chi connectivity index (χ2v) is 9.06. The molecule has 8 heteroatoms. The molecule has 1 aliphatic rings. The van der Waals surface area contributed by atoms with Gasteiger partial charge in [0.1, 0.15) is 17.3 Å². The molecule has 0 bridgehead atoms. The van der Waals surface area contributed by atoms with Crippen LogP contribution in [-0.2, 0) is 9.59 Å². The number of aliphatic hydroxyl groups excluding tert-OH is 1. The second kappa shape index (κ2) is 9.95. The highest BCUT2D eigenvalue weighted by Gasteiger charge is 2.47. The lowest BCUT2D eigenvalue weighted by molar-refractivity contribution is -0.132. The number of nitrogens with zero attached hydrogens (tertiary/aromatic N) is 2. The number of hydrogen-bond donors (Lipinski definition) is 1. The molecular weight excluding hydrogens is 480 g/mol. The molecule has 4 rings (SSSR count). The predicted molar refractivity (Wildman–Crippen MR) is 141 cm³/mol. The van der Waals surface area contributed by atoms with Gasteiger partial charge in [-0.25, -0.2) is 0 Å². The number of anilines is 2. The number of methoxy groups -OCH3 is 2. The van der Waals surface area contributed by atoms with Crippen molar-refractivity contribution >= 4 is 40.4 Å². The van der Waals surface area contributed by atoms with Gasteiger partial charge in [0.25, 0.3) is 11.7 Å². The van der Waals surface area contributed by atoms with Crippen LogP contribution in [0.25, 0.3) is 5.76 Å². The lowest BCUT2D eigenvalue weighted by Gasteiger charge is -2.26. The molecule has 0 saturated carbocycles. The Morgan fingerprint density at radius 1 is 0.972 bits per heavy atom. The van der Waals surface area contributed by atoms with Crippen molar-refractivity contribution in [3.63, 3.8) is 0 Å². The van der Waals surface area contributed by atoms with E-state index in [2.05, 4.69) is 0 Å². The minimum Gasteiger partial charge on any atom is -0.507 e. The van der Waals surface area contributed by atoms with Gasteiger partial charge in [0, 0.05) is 31.0 Å². The molecule has 0 spiro atoms. The summed E-state index contributed by atoms with van der Waals surface area (Å²) in [5, 5.41) is 11.7. The van der Waals surface area contributed by atoms with Crippen molar-refractivity contribution in [3.05, 3.63) is 87.9 Å². The van der Waals surface area contributed by atoms with E-state index in [1.165, 1.54) is 12.0 Å². The summed E-state index contributed by atoms with van der Waals surface area (Å²) in [5.41, 5.74) is 3.17. The Balaban J connectivity index is 1.94. The number of Topliss-reactive ketones (excluding diaryl/α,β-unsaturated/α-hetero) is 1. The van der Waals surface area contributed by atoms with Crippen LogP contribution in [0.1, 0.15) is 22.7 Å². The third kappa shape index (κ3) is 4.38. The van der Waals surface area contributed by atoms with E-state index in [0.29, 0.717) is 38.9 Å². The Morgan fingerprint density at radius 3 is 2.22 bits per heavy atom. The van der Waals surface area contributed by atoms with Crippen molar-refractivity contribution in [2.45, 2.75) is 13.0 Å². The molecule has 0 aliphatic carbocycles. The summed E-state index contributed by atoms with van der Waals surface area (Å²) in [6.45, 7) is 1.80. The molecule has 1 amide bonds. The minimum absolute atomic E-state index is 0.00203. The van der Waals surface area contributed by atoms with Crippen LogP contribution in [-0.4, -0.2) is 45.1 Å². The van der Waals surface area contributed by atoms with Gasteiger partial charge in [0.05, 0.1) is 30.9 Å². The van der Waals surface area contributed by atoms with Crippen LogP contribution in [0.5, 0.6) is 11.5 Å². The van der Waals surface area contributed by atoms with E-state index >= 15 is 0 Å². The highest BCUT2D eigenvalue weighted by molar-refractivity contribution is 6.52. The van der Waals surface area contributed by atoms with Crippen LogP contribution in [0.4, 0.5) is 11.4 Å². The number of aliphatic hydroxyl groups is 1. The van der Waals surface area contributed by atoms with Crippen LogP contribution in [0.2, 0.25) is 5.02 Å². The lowest BCUT2D eigenvalue weighted by atomic mass is 9.93. The maximum Gasteiger partial charge on any atom is 0.300 e. The normalized spacial score (nSPS) is 16.8. The van der Waals surface area contributed by atoms with Crippen molar-refractivity contribution < 1.29 is 24.2 Å². The molecule has 36 heavy (non-hydrogen) atoms. The molecule has 1 fully saturated rings. The molecule has 1 atom stereocenters. The summed E-state index contributed by atoms with van der Waals surface area (Å²) in [6, 6.07) is 16.6. The fourth-order valence-electron chi connectivity index (χ4n) is 4.35. The number of rotatable bonds is 6. The van der Waals surface area contributed by atoms with Crippen molar-refractivity contribution in [1.29, 1.82) is 0 Å². The largest absolute Gasteiger partial charge is 0.507 e. The number of benzene rings is 3. The number of carbonyl (C=O) groups excluding carboxylic acids is 2. The maximum absolute atomic E-state index is 13.4. The Labute approximate surface area is 215 Å². The van der Waals surface area contributed by atoms with Gasteiger partial charge in [-0.1, -0.05) is 23.7 Å². The number of ketones is 1. The van der Waals surface area contributed by atoms with E-state index in [1.54, 1.807) is 50.4 Å². The molecule has 1 heterocycles. The van der Waals surface area contributed by atoms with Crippen LogP contribution in [0.3, 0.4) is 0 Å². The first kappa shape index (κ1) is 25.1. The van der Waals surface area contributed by atoms with Gasteiger partial charge in [-0.15, -0.1) is 0 Å². The van der Waals surface area contributed by atoms with E-state index in [1.807, 2.05) is 43.3 Å². The fourth-order valence-corrected chi connectivity index (χ4v) is 4.60. The zero-order valence-electron chi connectivity index (χ0n) is 20.7. The molecule has 1 unspecified atom stereocenters. The van der Waals surface area contributed by atoms with E-state index in [9.17, 15) is 14.7 Å². The summed E-state index contributed by atoms with van der Waals surface area (Å²) in [5.74, 6) is -0.731. The Bertz CT molecular complexity index is 1360. The van der Waals surface area contributed by atoms with Crippen molar-refractivity contribution in [2.75, 3.05) is 38.1 Å². The Kier molecular flexibility index (Phi) is 6.95. The van der Waals surface area contributed by atoms with Crippen molar-refractivity contribution in [2.24, 2.45) is 0 Å². The molecular formula is C28H27ClN2O5. The zero-order valence-corrected chi connectivity index (χ0v) is 21.5. The first-order chi connectivity index (χ1) is 17.2. The first-order valence-corrected chi connectivity index (χ1v) is 11.6. The Morgan fingerprint density at radius 2 is 1.67 bits per heavy atom. The first-order valence-electron chi connectivity index (χ1n) is 11.2. The summed E-state index contributed by atoms with van der Waals surface area (Å²) < 4.78 is 10.5. The molecule has 7 nitrogen and oxygen atoms in total. The van der Waals surface area contributed by atoms with Gasteiger partial charge in [0.15, 0.2) is 0 Å². The molecule has 0 radical (unpaired) electrons. The quantitative estimate of drug-likeness (QED) is 0.275. The zero-order chi connectivity index (χ0) is 26.1. The average Bonchev–Trinajstić information content (AvgIpc) is 3.13. The van der Waals surface area contributed by atoms with E-state index in [0.717, 1.165) is 5.69 Å². The van der Waals surface area contributed by atoms with Gasteiger partial charge in [-0.3, -0.25) is 14.5 Å². The number of hydrogen-bond acceptors (Lipinski definition) is 6. The lowest BCUT2D eigenvalue weighted by Crippen LogP contribution is -2.29. The molecule has 1 N–H and O–H groups in total. The van der Waals surface area contributed by atoms with Gasteiger partial charge in [-0.2, -0.15) is 0 Å². The monoisotopic (exact) mass is 506 g/mol. The maximum atomic E-state index is 13.4. The van der Waals surface area contributed by atoms with Gasteiger partial charge >= 0.3 is 0 Å². The van der Waals surface area contributed by atoms with Crippen LogP contribution >= 0.6 is 11.6 Å². The summed E-state index contributed by atoms with van der Waals surface area (Å²) >= 11 is 6.36. The number of aryl methyl sites for hydroxylation is 1. The van der Waals surface area contributed by atoms with E-state index in [-0.39, 0.29) is 11.3 Å². The number of ether oxygens (including phenoxy) is 2. The summed E-state index contributed by atoms with van der Waals surface area (Å²) in [7, 11) is 6.90. The summed E-state index contributed by atoms with van der Waals surface area (Å²) in [4.78, 5) is 30.1. The van der Waals surface area contributed by atoms with Crippen LogP contribution in [0, 0.1) is 6.92 Å². The minimum atomic E-state index is -0.868. The average molecular weight is 507 g/mol. The van der Waals surface area contributed by atoms with E-state index < -0.39 is 17.7 Å². The predicted octanol–water partition coefficient (Wildman–Crippen LogP) is 5.36. The van der Waals surface area contributed by atoms with Gasteiger partial charge < -0.3 is 19.5 Å². The summed E-state index contributed by atoms with van der Waals surface area (Å²) in [6.07, 6.45) is 0. The highest BCUT2D eigenvalue weighted by atomic mass is 35.5. The topological polar surface area (TPSA) is 79.3 Å². The molecule has 3 aromatic rings.